The zero-order valence-electron chi connectivity index (χ0n) is 8.86. The summed E-state index contributed by atoms with van der Waals surface area (Å²) in [6, 6.07) is 4.83. The van der Waals surface area contributed by atoms with Crippen LogP contribution in [0.3, 0.4) is 0 Å². The second-order valence-corrected chi connectivity index (χ2v) is 4.97. The van der Waals surface area contributed by atoms with Gasteiger partial charge in [0, 0.05) is 17.9 Å². The highest BCUT2D eigenvalue weighted by atomic mass is 32.2. The van der Waals surface area contributed by atoms with Crippen LogP contribution in [-0.4, -0.2) is 28.4 Å². The topological polar surface area (TPSA) is 62.0 Å². The van der Waals surface area contributed by atoms with Crippen LogP contribution in [0.15, 0.2) is 23.0 Å². The van der Waals surface area contributed by atoms with E-state index < -0.39 is 0 Å². The molecule has 0 saturated carbocycles. The molecule has 1 aliphatic heterocycles. The van der Waals surface area contributed by atoms with E-state index in [4.69, 9.17) is 0 Å². The van der Waals surface area contributed by atoms with Crippen molar-refractivity contribution in [2.24, 2.45) is 0 Å². The average molecular weight is 238 g/mol. The molecule has 1 aliphatic rings. The molecular formula is C11H14N2O2S. The molecule has 2 N–H and O–H groups in total. The quantitative estimate of drug-likeness (QED) is 0.808. The highest BCUT2D eigenvalue weighted by Gasteiger charge is 2.17. The average Bonchev–Trinajstić information content (AvgIpc) is 2.30. The number of thioether (sulfide) groups is 1. The van der Waals surface area contributed by atoms with Crippen molar-refractivity contribution in [2.45, 2.75) is 18.9 Å². The predicted molar refractivity (Wildman–Crippen MR) is 64.9 cm³/mol. The fraction of sp³-hybridized carbons (Fsp3) is 0.455. The summed E-state index contributed by atoms with van der Waals surface area (Å²) in [5, 5.41) is 2.93. The highest BCUT2D eigenvalue weighted by Crippen LogP contribution is 2.16. The molecule has 1 atom stereocenters. The van der Waals surface area contributed by atoms with Crippen LogP contribution in [0.5, 0.6) is 0 Å². The van der Waals surface area contributed by atoms with Gasteiger partial charge in [0.15, 0.2) is 0 Å². The number of aromatic amines is 1. The summed E-state index contributed by atoms with van der Waals surface area (Å²) in [6.45, 7) is 0. The van der Waals surface area contributed by atoms with Crippen molar-refractivity contribution in [3.63, 3.8) is 0 Å². The minimum atomic E-state index is -0.245. The molecule has 1 saturated heterocycles. The van der Waals surface area contributed by atoms with Crippen LogP contribution >= 0.6 is 11.8 Å². The van der Waals surface area contributed by atoms with Gasteiger partial charge in [-0.1, -0.05) is 6.07 Å². The summed E-state index contributed by atoms with van der Waals surface area (Å²) in [5.41, 5.74) is 0.0914. The zero-order valence-corrected chi connectivity index (χ0v) is 9.68. The summed E-state index contributed by atoms with van der Waals surface area (Å²) in [6.07, 6.45) is 2.16. The van der Waals surface area contributed by atoms with Crippen LogP contribution in [0.1, 0.15) is 23.3 Å². The third kappa shape index (κ3) is 2.88. The van der Waals surface area contributed by atoms with Crippen LogP contribution in [-0.2, 0) is 0 Å². The van der Waals surface area contributed by atoms with Crippen LogP contribution < -0.4 is 10.9 Å². The molecule has 1 aromatic rings. The molecule has 0 radical (unpaired) electrons. The van der Waals surface area contributed by atoms with Gasteiger partial charge < -0.3 is 10.3 Å². The molecule has 0 bridgehead atoms. The minimum absolute atomic E-state index is 0.190. The molecule has 0 spiro atoms. The SMILES string of the molecule is O=C(NC1CCCSC1)c1cccc(=O)[nH]1. The van der Waals surface area contributed by atoms with E-state index in [0.717, 1.165) is 18.6 Å². The Labute approximate surface area is 97.8 Å². The molecule has 5 heteroatoms. The summed E-state index contributed by atoms with van der Waals surface area (Å²) in [7, 11) is 0. The lowest BCUT2D eigenvalue weighted by molar-refractivity contribution is 0.0933. The van der Waals surface area contributed by atoms with Crippen LogP contribution in [0.2, 0.25) is 0 Å². The third-order valence-corrected chi connectivity index (χ3v) is 3.72. The minimum Gasteiger partial charge on any atom is -0.347 e. The fourth-order valence-electron chi connectivity index (χ4n) is 1.70. The molecule has 0 aliphatic carbocycles. The number of rotatable bonds is 2. The first kappa shape index (κ1) is 11.3. The Kier molecular flexibility index (Phi) is 3.66. The lowest BCUT2D eigenvalue weighted by Gasteiger charge is -2.22. The summed E-state index contributed by atoms with van der Waals surface area (Å²) in [5.74, 6) is 1.95. The van der Waals surface area contributed by atoms with Crippen molar-refractivity contribution in [3.05, 3.63) is 34.2 Å². The van der Waals surface area contributed by atoms with Crippen LogP contribution in [0, 0.1) is 0 Å². The molecule has 2 heterocycles. The van der Waals surface area contributed by atoms with E-state index in [9.17, 15) is 9.59 Å². The monoisotopic (exact) mass is 238 g/mol. The van der Waals surface area contributed by atoms with Crippen LogP contribution in [0.4, 0.5) is 0 Å². The van der Waals surface area contributed by atoms with Crippen molar-refractivity contribution in [3.8, 4) is 0 Å². The molecule has 1 aromatic heterocycles. The van der Waals surface area contributed by atoms with Gasteiger partial charge in [0.2, 0.25) is 5.56 Å². The number of hydrogen-bond acceptors (Lipinski definition) is 3. The van der Waals surface area contributed by atoms with E-state index in [0.29, 0.717) is 5.69 Å². The maximum atomic E-state index is 11.8. The van der Waals surface area contributed by atoms with Gasteiger partial charge in [0.05, 0.1) is 0 Å². The first-order valence-corrected chi connectivity index (χ1v) is 6.49. The number of carbonyl (C=O) groups is 1. The van der Waals surface area contributed by atoms with Crippen molar-refractivity contribution in [2.75, 3.05) is 11.5 Å². The molecule has 4 nitrogen and oxygen atoms in total. The largest absolute Gasteiger partial charge is 0.347 e. The molecule has 1 unspecified atom stereocenters. The number of nitrogens with one attached hydrogen (secondary N) is 2. The Bertz CT molecular complexity index is 424. The summed E-state index contributed by atoms with van der Waals surface area (Å²) in [4.78, 5) is 25.3. The van der Waals surface area contributed by atoms with Gasteiger partial charge in [0.1, 0.15) is 5.69 Å². The zero-order chi connectivity index (χ0) is 11.4. The number of carbonyl (C=O) groups excluding carboxylic acids is 1. The smallest absolute Gasteiger partial charge is 0.268 e. The Morgan fingerprint density at radius 3 is 3.06 bits per heavy atom. The molecule has 2 rings (SSSR count). The van der Waals surface area contributed by atoms with E-state index in [2.05, 4.69) is 10.3 Å². The van der Waals surface area contributed by atoms with Gasteiger partial charge in [-0.2, -0.15) is 11.8 Å². The van der Waals surface area contributed by atoms with Crippen molar-refractivity contribution in [1.29, 1.82) is 0 Å². The Morgan fingerprint density at radius 2 is 2.38 bits per heavy atom. The molecule has 1 amide bonds. The van der Waals surface area contributed by atoms with E-state index in [-0.39, 0.29) is 17.5 Å². The summed E-state index contributed by atoms with van der Waals surface area (Å²) < 4.78 is 0. The Balaban J connectivity index is 1.99. The van der Waals surface area contributed by atoms with Gasteiger partial charge in [-0.15, -0.1) is 0 Å². The van der Waals surface area contributed by atoms with Gasteiger partial charge >= 0.3 is 0 Å². The lowest BCUT2D eigenvalue weighted by Crippen LogP contribution is -2.39. The first-order valence-electron chi connectivity index (χ1n) is 5.33. The van der Waals surface area contributed by atoms with E-state index in [1.165, 1.54) is 11.8 Å². The van der Waals surface area contributed by atoms with Gasteiger partial charge in [-0.05, 0) is 24.7 Å². The van der Waals surface area contributed by atoms with Crippen molar-refractivity contribution >= 4 is 17.7 Å². The van der Waals surface area contributed by atoms with Crippen molar-refractivity contribution < 1.29 is 4.79 Å². The maximum absolute atomic E-state index is 11.8. The van der Waals surface area contributed by atoms with Gasteiger partial charge in [-0.3, -0.25) is 9.59 Å². The number of amides is 1. The van der Waals surface area contributed by atoms with Crippen molar-refractivity contribution in [1.82, 2.24) is 10.3 Å². The van der Waals surface area contributed by atoms with E-state index in [1.807, 2.05) is 11.8 Å². The van der Waals surface area contributed by atoms with Gasteiger partial charge in [0.25, 0.3) is 5.91 Å². The molecule has 16 heavy (non-hydrogen) atoms. The highest BCUT2D eigenvalue weighted by molar-refractivity contribution is 7.99. The Hall–Kier alpha value is -1.23. The van der Waals surface area contributed by atoms with E-state index >= 15 is 0 Å². The number of aromatic nitrogens is 1. The number of pyridine rings is 1. The van der Waals surface area contributed by atoms with E-state index in [1.54, 1.807) is 12.1 Å². The Morgan fingerprint density at radius 1 is 1.50 bits per heavy atom. The second-order valence-electron chi connectivity index (χ2n) is 3.82. The third-order valence-electron chi connectivity index (χ3n) is 2.51. The summed E-state index contributed by atoms with van der Waals surface area (Å²) >= 11 is 1.86. The molecule has 1 fully saturated rings. The first-order chi connectivity index (χ1) is 7.75. The van der Waals surface area contributed by atoms with Gasteiger partial charge in [-0.25, -0.2) is 0 Å². The second kappa shape index (κ2) is 5.21. The lowest BCUT2D eigenvalue weighted by atomic mass is 10.2. The standard InChI is InChI=1S/C11H14N2O2S/c14-10-5-1-4-9(13-10)11(15)12-8-3-2-6-16-7-8/h1,4-5,8H,2-3,6-7H2,(H,12,15)(H,13,14). The normalized spacial score (nSPS) is 20.4. The maximum Gasteiger partial charge on any atom is 0.268 e. The molecule has 86 valence electrons. The predicted octanol–water partition coefficient (Wildman–Crippen LogP) is 1.00. The number of H-pyrrole nitrogens is 1. The molecular weight excluding hydrogens is 224 g/mol. The number of hydrogen-bond donors (Lipinski definition) is 2. The van der Waals surface area contributed by atoms with Crippen LogP contribution in [0.25, 0.3) is 0 Å². The fourth-order valence-corrected chi connectivity index (χ4v) is 2.77. The molecule has 0 aromatic carbocycles.